The van der Waals surface area contributed by atoms with Gasteiger partial charge >= 0.3 is 0 Å². The van der Waals surface area contributed by atoms with Crippen LogP contribution in [0.5, 0.6) is 0 Å². The smallest absolute Gasteiger partial charge is 0.255 e. The molecule has 0 aliphatic heterocycles. The lowest BCUT2D eigenvalue weighted by Crippen LogP contribution is -2.28. The number of hydrogen-bond acceptors (Lipinski definition) is 4. The van der Waals surface area contributed by atoms with Crippen LogP contribution in [0.1, 0.15) is 11.1 Å². The first kappa shape index (κ1) is 19.7. The molecule has 7 heteroatoms. The van der Waals surface area contributed by atoms with Crippen molar-refractivity contribution >= 4 is 27.7 Å². The zero-order valence-electron chi connectivity index (χ0n) is 14.5. The summed E-state index contributed by atoms with van der Waals surface area (Å²) in [5.74, 6) is -0.110. The molecule has 26 heavy (non-hydrogen) atoms. The highest BCUT2D eigenvalue weighted by Crippen LogP contribution is 2.13. The lowest BCUT2D eigenvalue weighted by molar-refractivity contribution is -0.120. The molecule has 0 aliphatic rings. The highest BCUT2D eigenvalue weighted by molar-refractivity contribution is 7.95. The molecule has 138 valence electrons. The Balaban J connectivity index is 1.91. The minimum absolute atomic E-state index is 0.110. The summed E-state index contributed by atoms with van der Waals surface area (Å²) in [7, 11) is -2.04. The number of anilines is 1. The number of rotatable bonds is 9. The molecule has 0 atom stereocenters. The van der Waals surface area contributed by atoms with E-state index in [2.05, 4.69) is 10.0 Å². The van der Waals surface area contributed by atoms with E-state index in [0.29, 0.717) is 18.8 Å². The minimum Gasteiger partial charge on any atom is -0.383 e. The van der Waals surface area contributed by atoms with E-state index >= 15 is 0 Å². The number of methoxy groups -OCH3 is 1. The molecule has 0 aromatic heterocycles. The van der Waals surface area contributed by atoms with E-state index in [4.69, 9.17) is 4.74 Å². The number of hydrogen-bond donors (Lipinski definition) is 2. The zero-order chi connectivity index (χ0) is 18.8. The van der Waals surface area contributed by atoms with Gasteiger partial charge in [-0.3, -0.25) is 9.52 Å². The molecule has 0 saturated carbocycles. The average molecular weight is 374 g/mol. The van der Waals surface area contributed by atoms with Gasteiger partial charge in [-0.1, -0.05) is 42.5 Å². The van der Waals surface area contributed by atoms with Crippen molar-refractivity contribution in [3.05, 3.63) is 71.1 Å². The molecular weight excluding hydrogens is 352 g/mol. The third kappa shape index (κ3) is 7.08. The Bertz CT molecular complexity index is 832. The minimum atomic E-state index is -3.61. The van der Waals surface area contributed by atoms with E-state index < -0.39 is 10.0 Å². The van der Waals surface area contributed by atoms with Crippen molar-refractivity contribution in [2.75, 3.05) is 25.0 Å². The van der Waals surface area contributed by atoms with Gasteiger partial charge in [0, 0.05) is 19.3 Å². The first-order valence-corrected chi connectivity index (χ1v) is 9.64. The number of carbonyl (C=O) groups excluding carboxylic acids is 1. The second-order valence-corrected chi connectivity index (χ2v) is 7.14. The molecule has 0 aliphatic carbocycles. The summed E-state index contributed by atoms with van der Waals surface area (Å²) in [6, 6.07) is 15.9. The quantitative estimate of drug-likeness (QED) is 0.660. The van der Waals surface area contributed by atoms with E-state index in [1.807, 2.05) is 30.3 Å². The monoisotopic (exact) mass is 374 g/mol. The first-order valence-electron chi connectivity index (χ1n) is 8.09. The van der Waals surface area contributed by atoms with Gasteiger partial charge in [-0.05, 0) is 29.3 Å². The van der Waals surface area contributed by atoms with Gasteiger partial charge in [0.2, 0.25) is 5.91 Å². The molecule has 2 aromatic rings. The molecule has 0 fully saturated rings. The predicted molar refractivity (Wildman–Crippen MR) is 103 cm³/mol. The number of amides is 1. The Morgan fingerprint density at radius 1 is 1.08 bits per heavy atom. The van der Waals surface area contributed by atoms with Gasteiger partial charge in [-0.2, -0.15) is 0 Å². The SMILES string of the molecule is COCCNC(=O)Cc1ccc(NS(=O)(=O)/C=C/c2ccccc2)cc1. The number of nitrogens with one attached hydrogen (secondary N) is 2. The molecule has 2 rings (SSSR count). The molecular formula is C19H22N2O4S. The van der Waals surface area contributed by atoms with E-state index in [1.54, 1.807) is 31.4 Å². The van der Waals surface area contributed by atoms with Crippen molar-refractivity contribution in [3.63, 3.8) is 0 Å². The molecule has 0 heterocycles. The second kappa shape index (κ2) is 9.74. The third-order valence-corrected chi connectivity index (χ3v) is 4.46. The van der Waals surface area contributed by atoms with Crippen LogP contribution in [0, 0.1) is 0 Å². The molecule has 0 spiro atoms. The summed E-state index contributed by atoms with van der Waals surface area (Å²) in [5, 5.41) is 3.86. The van der Waals surface area contributed by atoms with Crippen molar-refractivity contribution in [2.24, 2.45) is 0 Å². The summed E-state index contributed by atoms with van der Waals surface area (Å²) in [5.41, 5.74) is 2.03. The summed E-state index contributed by atoms with van der Waals surface area (Å²) in [6.45, 7) is 0.921. The van der Waals surface area contributed by atoms with Gasteiger partial charge in [-0.25, -0.2) is 8.42 Å². The Morgan fingerprint density at radius 3 is 2.42 bits per heavy atom. The van der Waals surface area contributed by atoms with Gasteiger partial charge in [0.1, 0.15) is 0 Å². The fourth-order valence-corrected chi connectivity index (χ4v) is 3.03. The number of sulfonamides is 1. The van der Waals surface area contributed by atoms with Gasteiger partial charge in [0.15, 0.2) is 0 Å². The largest absolute Gasteiger partial charge is 0.383 e. The van der Waals surface area contributed by atoms with Crippen LogP contribution in [-0.2, 0) is 26.0 Å². The molecule has 0 unspecified atom stereocenters. The van der Waals surface area contributed by atoms with Crippen LogP contribution in [0.2, 0.25) is 0 Å². The lowest BCUT2D eigenvalue weighted by atomic mass is 10.1. The molecule has 0 radical (unpaired) electrons. The number of ether oxygens (including phenoxy) is 1. The fourth-order valence-electron chi connectivity index (χ4n) is 2.16. The van der Waals surface area contributed by atoms with Crippen LogP contribution in [-0.4, -0.2) is 34.6 Å². The van der Waals surface area contributed by atoms with Crippen molar-refractivity contribution < 1.29 is 17.9 Å². The van der Waals surface area contributed by atoms with Gasteiger partial charge in [-0.15, -0.1) is 0 Å². The van der Waals surface area contributed by atoms with Crippen molar-refractivity contribution in [1.82, 2.24) is 5.32 Å². The van der Waals surface area contributed by atoms with Gasteiger partial charge in [0.05, 0.1) is 18.4 Å². The molecule has 2 N–H and O–H groups in total. The Morgan fingerprint density at radius 2 is 1.77 bits per heavy atom. The van der Waals surface area contributed by atoms with Crippen LogP contribution >= 0.6 is 0 Å². The van der Waals surface area contributed by atoms with Gasteiger partial charge < -0.3 is 10.1 Å². The average Bonchev–Trinajstić information content (AvgIpc) is 2.63. The Hall–Kier alpha value is -2.64. The Kier molecular flexibility index (Phi) is 7.37. The number of carbonyl (C=O) groups is 1. The van der Waals surface area contributed by atoms with Gasteiger partial charge in [0.25, 0.3) is 10.0 Å². The van der Waals surface area contributed by atoms with Crippen LogP contribution in [0.25, 0.3) is 6.08 Å². The van der Waals surface area contributed by atoms with Crippen LogP contribution in [0.4, 0.5) is 5.69 Å². The van der Waals surface area contributed by atoms with E-state index in [-0.39, 0.29) is 12.3 Å². The fraction of sp³-hybridized carbons (Fsp3) is 0.211. The standard InChI is InChI=1S/C19H22N2O4S/c1-25-13-12-20-19(22)15-17-7-9-18(10-8-17)21-26(23,24)14-11-16-5-3-2-4-6-16/h2-11,14,21H,12-13,15H2,1H3,(H,20,22)/b14-11+. The van der Waals surface area contributed by atoms with Crippen molar-refractivity contribution in [1.29, 1.82) is 0 Å². The molecule has 2 aromatic carbocycles. The second-order valence-electron chi connectivity index (χ2n) is 5.58. The predicted octanol–water partition coefficient (Wildman–Crippen LogP) is 2.40. The zero-order valence-corrected chi connectivity index (χ0v) is 15.3. The van der Waals surface area contributed by atoms with Crippen molar-refractivity contribution in [3.8, 4) is 0 Å². The highest BCUT2D eigenvalue weighted by atomic mass is 32.2. The number of benzene rings is 2. The van der Waals surface area contributed by atoms with E-state index in [9.17, 15) is 13.2 Å². The van der Waals surface area contributed by atoms with Crippen LogP contribution < -0.4 is 10.0 Å². The molecule has 0 saturated heterocycles. The highest BCUT2D eigenvalue weighted by Gasteiger charge is 2.07. The maximum Gasteiger partial charge on any atom is 0.255 e. The van der Waals surface area contributed by atoms with E-state index in [1.165, 1.54) is 6.08 Å². The van der Waals surface area contributed by atoms with Crippen LogP contribution in [0.15, 0.2) is 60.0 Å². The first-order chi connectivity index (χ1) is 12.5. The maximum absolute atomic E-state index is 12.1. The summed E-state index contributed by atoms with van der Waals surface area (Å²) in [4.78, 5) is 11.7. The molecule has 1 amide bonds. The topological polar surface area (TPSA) is 84.5 Å². The summed E-state index contributed by atoms with van der Waals surface area (Å²) < 4.78 is 31.6. The lowest BCUT2D eigenvalue weighted by Gasteiger charge is -2.07. The van der Waals surface area contributed by atoms with E-state index in [0.717, 1.165) is 16.5 Å². The van der Waals surface area contributed by atoms with Crippen molar-refractivity contribution in [2.45, 2.75) is 6.42 Å². The summed E-state index contributed by atoms with van der Waals surface area (Å²) >= 11 is 0. The Labute approximate surface area is 153 Å². The maximum atomic E-state index is 12.1. The molecule has 6 nitrogen and oxygen atoms in total. The summed E-state index contributed by atoms with van der Waals surface area (Å²) in [6.07, 6.45) is 1.76. The van der Waals surface area contributed by atoms with Crippen LogP contribution in [0.3, 0.4) is 0 Å². The normalized spacial score (nSPS) is 11.4. The third-order valence-electron chi connectivity index (χ3n) is 3.45. The molecule has 0 bridgehead atoms.